The molecule has 1 saturated heterocycles. The first kappa shape index (κ1) is 23.8. The lowest BCUT2D eigenvalue weighted by molar-refractivity contribution is -0.133. The molecule has 1 aliphatic heterocycles. The molecule has 3 aromatic rings. The van der Waals surface area contributed by atoms with E-state index in [1.165, 1.54) is 12.1 Å². The van der Waals surface area contributed by atoms with E-state index in [9.17, 15) is 13.2 Å². The Hall–Kier alpha value is -3.36. The molecule has 0 spiro atoms. The zero-order valence-corrected chi connectivity index (χ0v) is 19.8. The molecule has 178 valence electrons. The fourth-order valence-electron chi connectivity index (χ4n) is 3.86. The van der Waals surface area contributed by atoms with Crippen LogP contribution in [0.25, 0.3) is 0 Å². The van der Waals surface area contributed by atoms with Crippen LogP contribution in [0.1, 0.15) is 5.56 Å². The Morgan fingerprint density at radius 2 is 1.44 bits per heavy atom. The highest BCUT2D eigenvalue weighted by Crippen LogP contribution is 2.18. The molecule has 1 heterocycles. The van der Waals surface area contributed by atoms with Gasteiger partial charge in [0.25, 0.3) is 5.91 Å². The van der Waals surface area contributed by atoms with E-state index >= 15 is 0 Å². The maximum absolute atomic E-state index is 12.6. The number of hydrogen-bond acceptors (Lipinski definition) is 5. The minimum Gasteiger partial charge on any atom is -0.484 e. The number of rotatable bonds is 9. The quantitative estimate of drug-likeness (QED) is 0.511. The number of anilines is 1. The third-order valence-corrected chi connectivity index (χ3v) is 7.28. The van der Waals surface area contributed by atoms with Crippen molar-refractivity contribution in [1.82, 2.24) is 9.62 Å². The van der Waals surface area contributed by atoms with Gasteiger partial charge in [-0.15, -0.1) is 0 Å². The summed E-state index contributed by atoms with van der Waals surface area (Å²) in [6, 6.07) is 26.0. The van der Waals surface area contributed by atoms with Crippen LogP contribution in [-0.2, 0) is 21.2 Å². The van der Waals surface area contributed by atoms with Crippen LogP contribution in [-0.4, -0.2) is 58.6 Å². The summed E-state index contributed by atoms with van der Waals surface area (Å²) in [6.07, 6.45) is 0.614. The van der Waals surface area contributed by atoms with Crippen molar-refractivity contribution in [3.8, 4) is 5.75 Å². The van der Waals surface area contributed by atoms with Gasteiger partial charge in [0.2, 0.25) is 10.0 Å². The summed E-state index contributed by atoms with van der Waals surface area (Å²) in [7, 11) is -3.61. The van der Waals surface area contributed by atoms with E-state index < -0.39 is 10.0 Å². The largest absolute Gasteiger partial charge is 0.484 e. The number of sulfonamides is 1. The van der Waals surface area contributed by atoms with Crippen molar-refractivity contribution >= 4 is 21.6 Å². The molecule has 1 aliphatic rings. The zero-order valence-electron chi connectivity index (χ0n) is 19.0. The predicted molar refractivity (Wildman–Crippen MR) is 133 cm³/mol. The molecule has 0 radical (unpaired) electrons. The molecular weight excluding hydrogens is 450 g/mol. The van der Waals surface area contributed by atoms with Crippen LogP contribution < -0.4 is 14.4 Å². The summed E-state index contributed by atoms with van der Waals surface area (Å²) >= 11 is 0. The van der Waals surface area contributed by atoms with Gasteiger partial charge in [0.05, 0.1) is 4.90 Å². The number of carbonyl (C=O) groups excluding carboxylic acids is 1. The molecule has 0 aromatic heterocycles. The smallest absolute Gasteiger partial charge is 0.260 e. The predicted octanol–water partition coefficient (Wildman–Crippen LogP) is 2.94. The summed E-state index contributed by atoms with van der Waals surface area (Å²) in [6.45, 7) is 3.08. The van der Waals surface area contributed by atoms with Gasteiger partial charge in [0.1, 0.15) is 5.75 Å². The second-order valence-corrected chi connectivity index (χ2v) is 9.86. The van der Waals surface area contributed by atoms with Crippen molar-refractivity contribution in [2.75, 3.05) is 44.2 Å². The van der Waals surface area contributed by atoms with Crippen molar-refractivity contribution in [1.29, 1.82) is 0 Å². The monoisotopic (exact) mass is 479 g/mol. The van der Waals surface area contributed by atoms with E-state index in [1.807, 2.05) is 48.5 Å². The SMILES string of the molecule is O=C(COc1ccc(S(=O)(=O)NCCc2ccccc2)cc1)N1CCN(c2ccccc2)CC1. The highest BCUT2D eigenvalue weighted by atomic mass is 32.2. The van der Waals surface area contributed by atoms with Gasteiger partial charge < -0.3 is 14.5 Å². The third-order valence-electron chi connectivity index (χ3n) is 5.80. The molecule has 7 nitrogen and oxygen atoms in total. The molecule has 0 bridgehead atoms. The Labute approximate surface area is 201 Å². The van der Waals surface area contributed by atoms with Gasteiger partial charge in [-0.3, -0.25) is 4.79 Å². The minimum absolute atomic E-state index is 0.0766. The second kappa shape index (κ2) is 11.2. The summed E-state index contributed by atoms with van der Waals surface area (Å²) in [5, 5.41) is 0. The Morgan fingerprint density at radius 1 is 0.824 bits per heavy atom. The Bertz CT molecular complexity index is 1160. The van der Waals surface area contributed by atoms with E-state index in [2.05, 4.69) is 21.8 Å². The van der Waals surface area contributed by atoms with Gasteiger partial charge in [0, 0.05) is 38.4 Å². The molecule has 0 atom stereocenters. The van der Waals surface area contributed by atoms with Crippen LogP contribution in [0.5, 0.6) is 5.75 Å². The first-order chi connectivity index (χ1) is 16.5. The maximum atomic E-state index is 12.6. The van der Waals surface area contributed by atoms with Crippen LogP contribution in [0.3, 0.4) is 0 Å². The maximum Gasteiger partial charge on any atom is 0.260 e. The highest BCUT2D eigenvalue weighted by molar-refractivity contribution is 7.89. The first-order valence-electron chi connectivity index (χ1n) is 11.4. The summed E-state index contributed by atoms with van der Waals surface area (Å²) in [4.78, 5) is 16.8. The lowest BCUT2D eigenvalue weighted by Crippen LogP contribution is -2.50. The van der Waals surface area contributed by atoms with Crippen LogP contribution in [0, 0.1) is 0 Å². The van der Waals surface area contributed by atoms with Gasteiger partial charge in [-0.25, -0.2) is 13.1 Å². The number of nitrogens with zero attached hydrogens (tertiary/aromatic N) is 2. The molecule has 0 aliphatic carbocycles. The molecule has 4 rings (SSSR count). The Kier molecular flexibility index (Phi) is 7.82. The fraction of sp³-hybridized carbons (Fsp3) is 0.269. The van der Waals surface area contributed by atoms with Crippen molar-refractivity contribution in [3.63, 3.8) is 0 Å². The van der Waals surface area contributed by atoms with Crippen LogP contribution in [0.15, 0.2) is 89.8 Å². The lowest BCUT2D eigenvalue weighted by Gasteiger charge is -2.36. The molecule has 3 aromatic carbocycles. The molecule has 0 unspecified atom stereocenters. The number of carbonyl (C=O) groups is 1. The van der Waals surface area contributed by atoms with E-state index in [1.54, 1.807) is 17.0 Å². The molecular formula is C26H29N3O4S. The Balaban J connectivity index is 1.22. The number of piperazine rings is 1. The average Bonchev–Trinajstić information content (AvgIpc) is 2.89. The highest BCUT2D eigenvalue weighted by Gasteiger charge is 2.21. The summed E-state index contributed by atoms with van der Waals surface area (Å²) < 4.78 is 33.3. The normalized spacial score (nSPS) is 14.1. The fourth-order valence-corrected chi connectivity index (χ4v) is 4.89. The summed E-state index contributed by atoms with van der Waals surface area (Å²) in [5.74, 6) is 0.381. The van der Waals surface area contributed by atoms with E-state index in [0.29, 0.717) is 31.8 Å². The first-order valence-corrected chi connectivity index (χ1v) is 12.8. The van der Waals surface area contributed by atoms with Gasteiger partial charge in [-0.05, 0) is 48.4 Å². The molecule has 1 amide bonds. The van der Waals surface area contributed by atoms with E-state index in [-0.39, 0.29) is 17.4 Å². The molecule has 0 saturated carbocycles. The van der Waals surface area contributed by atoms with E-state index in [4.69, 9.17) is 4.74 Å². The topological polar surface area (TPSA) is 78.9 Å². The van der Waals surface area contributed by atoms with Crippen LogP contribution in [0.2, 0.25) is 0 Å². The number of nitrogens with one attached hydrogen (secondary N) is 1. The van der Waals surface area contributed by atoms with E-state index in [0.717, 1.165) is 24.3 Å². The average molecular weight is 480 g/mol. The van der Waals surface area contributed by atoms with Crippen molar-refractivity contribution in [2.45, 2.75) is 11.3 Å². The van der Waals surface area contributed by atoms with Crippen LogP contribution in [0.4, 0.5) is 5.69 Å². The molecule has 34 heavy (non-hydrogen) atoms. The molecule has 1 fully saturated rings. The number of amides is 1. The third kappa shape index (κ3) is 6.36. The van der Waals surface area contributed by atoms with Gasteiger partial charge in [-0.1, -0.05) is 48.5 Å². The Morgan fingerprint density at radius 3 is 2.09 bits per heavy atom. The molecule has 1 N–H and O–H groups in total. The van der Waals surface area contributed by atoms with Crippen LogP contribution >= 0.6 is 0 Å². The number of para-hydroxylation sites is 1. The second-order valence-electron chi connectivity index (χ2n) is 8.10. The minimum atomic E-state index is -3.61. The summed E-state index contributed by atoms with van der Waals surface area (Å²) in [5.41, 5.74) is 2.23. The molecule has 8 heteroatoms. The van der Waals surface area contributed by atoms with Crippen molar-refractivity contribution in [3.05, 3.63) is 90.5 Å². The lowest BCUT2D eigenvalue weighted by atomic mass is 10.2. The number of benzene rings is 3. The van der Waals surface area contributed by atoms with Crippen molar-refractivity contribution in [2.24, 2.45) is 0 Å². The standard InChI is InChI=1S/C26H29N3O4S/c30-26(29-19-17-28(18-20-29)23-9-5-2-6-10-23)21-33-24-11-13-25(14-12-24)34(31,32)27-16-15-22-7-3-1-4-8-22/h1-14,27H,15-21H2. The number of ether oxygens (including phenoxy) is 1. The van der Waals surface area contributed by atoms with Gasteiger partial charge in [0.15, 0.2) is 6.61 Å². The number of hydrogen-bond donors (Lipinski definition) is 1. The van der Waals surface area contributed by atoms with Gasteiger partial charge >= 0.3 is 0 Å². The van der Waals surface area contributed by atoms with Crippen molar-refractivity contribution < 1.29 is 17.9 Å². The van der Waals surface area contributed by atoms with Gasteiger partial charge in [-0.2, -0.15) is 0 Å². The zero-order chi connectivity index (χ0) is 23.8.